The first kappa shape index (κ1) is 15.5. The summed E-state index contributed by atoms with van der Waals surface area (Å²) in [5.41, 5.74) is 2.27. The predicted octanol–water partition coefficient (Wildman–Crippen LogP) is 4.29. The van der Waals surface area contributed by atoms with Crippen LogP contribution in [-0.2, 0) is 6.42 Å². The van der Waals surface area contributed by atoms with Crippen LogP contribution >= 0.6 is 22.7 Å². The molecule has 2 aromatic rings. The lowest BCUT2D eigenvalue weighted by Gasteiger charge is -2.36. The Hall–Kier alpha value is -1.40. The Morgan fingerprint density at radius 3 is 3.05 bits per heavy atom. The van der Waals surface area contributed by atoms with Crippen molar-refractivity contribution in [2.45, 2.75) is 45.7 Å². The van der Waals surface area contributed by atoms with Gasteiger partial charge in [0.2, 0.25) is 0 Å². The van der Waals surface area contributed by atoms with Crippen molar-refractivity contribution in [2.24, 2.45) is 0 Å². The SMILES string of the molecule is CC[C@@H]1c2ccsc2CCN1C(=O)N[C@H](C)c1csc(C)n1. The maximum absolute atomic E-state index is 12.7. The standard InChI is InChI=1S/C16H21N3OS2/c1-4-14-12-6-8-21-15(12)5-7-19(14)16(20)17-10(2)13-9-22-11(3)18-13/h6,8-10,14H,4-5,7H2,1-3H3,(H,17,20)/t10-,14-/m1/s1. The van der Waals surface area contributed by atoms with Gasteiger partial charge >= 0.3 is 6.03 Å². The molecule has 0 unspecified atom stereocenters. The van der Waals surface area contributed by atoms with Gasteiger partial charge < -0.3 is 10.2 Å². The van der Waals surface area contributed by atoms with Crippen molar-refractivity contribution in [1.29, 1.82) is 0 Å². The van der Waals surface area contributed by atoms with Gasteiger partial charge in [0.05, 0.1) is 22.8 Å². The first-order valence-electron chi connectivity index (χ1n) is 7.65. The van der Waals surface area contributed by atoms with E-state index in [0.717, 1.165) is 30.1 Å². The fourth-order valence-electron chi connectivity index (χ4n) is 3.00. The number of carbonyl (C=O) groups excluding carboxylic acids is 1. The zero-order valence-corrected chi connectivity index (χ0v) is 14.8. The molecule has 0 saturated heterocycles. The zero-order valence-electron chi connectivity index (χ0n) is 13.1. The van der Waals surface area contributed by atoms with E-state index in [-0.39, 0.29) is 18.1 Å². The minimum atomic E-state index is -0.0566. The van der Waals surface area contributed by atoms with Crippen LogP contribution in [0.1, 0.15) is 53.5 Å². The summed E-state index contributed by atoms with van der Waals surface area (Å²) in [7, 11) is 0. The molecule has 3 rings (SSSR count). The molecular weight excluding hydrogens is 314 g/mol. The van der Waals surface area contributed by atoms with Gasteiger partial charge in [-0.05, 0) is 43.7 Å². The molecule has 1 aliphatic heterocycles. The summed E-state index contributed by atoms with van der Waals surface area (Å²) in [5.74, 6) is 0. The fourth-order valence-corrected chi connectivity index (χ4v) is 4.64. The topological polar surface area (TPSA) is 45.2 Å². The maximum atomic E-state index is 12.7. The number of nitrogens with zero attached hydrogens (tertiary/aromatic N) is 2. The number of urea groups is 1. The molecule has 2 aromatic heterocycles. The van der Waals surface area contributed by atoms with Gasteiger partial charge in [-0.1, -0.05) is 6.92 Å². The fraction of sp³-hybridized carbons (Fsp3) is 0.500. The summed E-state index contributed by atoms with van der Waals surface area (Å²) >= 11 is 3.42. The summed E-state index contributed by atoms with van der Waals surface area (Å²) in [6.45, 7) is 6.91. The molecule has 0 aromatic carbocycles. The number of nitrogens with one attached hydrogen (secondary N) is 1. The molecule has 0 saturated carbocycles. The second-order valence-corrected chi connectivity index (χ2v) is 7.69. The van der Waals surface area contributed by atoms with Gasteiger partial charge in [-0.3, -0.25) is 0 Å². The Balaban J connectivity index is 1.72. The number of hydrogen-bond acceptors (Lipinski definition) is 4. The monoisotopic (exact) mass is 335 g/mol. The number of aromatic nitrogens is 1. The largest absolute Gasteiger partial charge is 0.330 e. The number of fused-ring (bicyclic) bond motifs is 1. The van der Waals surface area contributed by atoms with E-state index < -0.39 is 0 Å². The first-order chi connectivity index (χ1) is 10.6. The number of thiazole rings is 1. The molecule has 3 heterocycles. The Labute approximate surface area is 139 Å². The molecule has 0 aliphatic carbocycles. The molecule has 2 amide bonds. The van der Waals surface area contributed by atoms with Crippen molar-refractivity contribution >= 4 is 28.7 Å². The van der Waals surface area contributed by atoms with Gasteiger partial charge in [0.1, 0.15) is 0 Å². The molecule has 6 heteroatoms. The summed E-state index contributed by atoms with van der Waals surface area (Å²) in [6, 6.07) is 2.32. The van der Waals surface area contributed by atoms with Gasteiger partial charge in [-0.25, -0.2) is 9.78 Å². The second kappa shape index (κ2) is 6.38. The molecule has 1 N–H and O–H groups in total. The predicted molar refractivity (Wildman–Crippen MR) is 91.6 cm³/mol. The Kier molecular flexibility index (Phi) is 4.49. The maximum Gasteiger partial charge on any atom is 0.318 e. The Bertz CT molecular complexity index is 664. The van der Waals surface area contributed by atoms with E-state index >= 15 is 0 Å². The van der Waals surface area contributed by atoms with Crippen LogP contribution < -0.4 is 5.32 Å². The van der Waals surface area contributed by atoms with Gasteiger partial charge in [0.25, 0.3) is 0 Å². The number of amides is 2. The van der Waals surface area contributed by atoms with E-state index in [1.807, 2.05) is 24.1 Å². The number of carbonyl (C=O) groups is 1. The highest BCUT2D eigenvalue weighted by Gasteiger charge is 2.31. The van der Waals surface area contributed by atoms with Crippen molar-refractivity contribution < 1.29 is 4.79 Å². The minimum absolute atomic E-state index is 0.0156. The first-order valence-corrected chi connectivity index (χ1v) is 9.41. The third kappa shape index (κ3) is 2.90. The summed E-state index contributed by atoms with van der Waals surface area (Å²) in [4.78, 5) is 20.6. The highest BCUT2D eigenvalue weighted by molar-refractivity contribution is 7.10. The van der Waals surface area contributed by atoms with E-state index in [1.165, 1.54) is 10.4 Å². The molecule has 4 nitrogen and oxygen atoms in total. The van der Waals surface area contributed by atoms with Crippen LogP contribution in [-0.4, -0.2) is 22.5 Å². The van der Waals surface area contributed by atoms with Crippen LogP contribution in [0.5, 0.6) is 0 Å². The molecule has 0 fully saturated rings. The van der Waals surface area contributed by atoms with Crippen molar-refractivity contribution in [1.82, 2.24) is 15.2 Å². The third-order valence-corrected chi connectivity index (χ3v) is 5.95. The van der Waals surface area contributed by atoms with Crippen LogP contribution in [0.3, 0.4) is 0 Å². The number of rotatable bonds is 3. The molecular formula is C16H21N3OS2. The molecule has 0 spiro atoms. The minimum Gasteiger partial charge on any atom is -0.330 e. The average Bonchev–Trinajstić information content (AvgIpc) is 3.14. The smallest absolute Gasteiger partial charge is 0.318 e. The third-order valence-electron chi connectivity index (χ3n) is 4.16. The highest BCUT2D eigenvalue weighted by atomic mass is 32.1. The van der Waals surface area contributed by atoms with Crippen molar-refractivity contribution in [2.75, 3.05) is 6.54 Å². The van der Waals surface area contributed by atoms with Gasteiger partial charge in [-0.2, -0.15) is 0 Å². The van der Waals surface area contributed by atoms with Crippen LogP contribution in [0, 0.1) is 6.92 Å². The van der Waals surface area contributed by atoms with Crippen LogP contribution in [0.2, 0.25) is 0 Å². The van der Waals surface area contributed by atoms with Gasteiger partial charge in [0, 0.05) is 16.8 Å². The molecule has 118 valence electrons. The van der Waals surface area contributed by atoms with E-state index in [9.17, 15) is 4.79 Å². The number of aryl methyl sites for hydroxylation is 1. The molecule has 0 bridgehead atoms. The normalized spacial score (nSPS) is 18.9. The van der Waals surface area contributed by atoms with Crippen LogP contribution in [0.25, 0.3) is 0 Å². The van der Waals surface area contributed by atoms with E-state index in [4.69, 9.17) is 0 Å². The molecule has 1 aliphatic rings. The van der Waals surface area contributed by atoms with Gasteiger partial charge in [0.15, 0.2) is 0 Å². The lowest BCUT2D eigenvalue weighted by atomic mass is 9.98. The van der Waals surface area contributed by atoms with Crippen molar-refractivity contribution in [3.63, 3.8) is 0 Å². The lowest BCUT2D eigenvalue weighted by Crippen LogP contribution is -2.45. The van der Waals surface area contributed by atoms with Crippen molar-refractivity contribution in [3.8, 4) is 0 Å². The Morgan fingerprint density at radius 1 is 1.55 bits per heavy atom. The van der Waals surface area contributed by atoms with Crippen LogP contribution in [0.15, 0.2) is 16.8 Å². The average molecular weight is 335 g/mol. The van der Waals surface area contributed by atoms with E-state index in [1.54, 1.807) is 22.7 Å². The molecule has 2 atom stereocenters. The van der Waals surface area contributed by atoms with Crippen molar-refractivity contribution in [3.05, 3.63) is 38.0 Å². The van der Waals surface area contributed by atoms with E-state index in [2.05, 4.69) is 28.7 Å². The Morgan fingerprint density at radius 2 is 2.36 bits per heavy atom. The summed E-state index contributed by atoms with van der Waals surface area (Å²) in [6.07, 6.45) is 1.91. The number of hydrogen-bond donors (Lipinski definition) is 1. The highest BCUT2D eigenvalue weighted by Crippen LogP contribution is 2.35. The van der Waals surface area contributed by atoms with E-state index in [0.29, 0.717) is 0 Å². The summed E-state index contributed by atoms with van der Waals surface area (Å²) in [5, 5.41) is 8.28. The number of thiophene rings is 1. The molecule has 0 radical (unpaired) electrons. The summed E-state index contributed by atoms with van der Waals surface area (Å²) < 4.78 is 0. The lowest BCUT2D eigenvalue weighted by molar-refractivity contribution is 0.165. The zero-order chi connectivity index (χ0) is 15.7. The quantitative estimate of drug-likeness (QED) is 0.909. The molecule has 22 heavy (non-hydrogen) atoms. The van der Waals surface area contributed by atoms with Crippen LogP contribution in [0.4, 0.5) is 4.79 Å². The second-order valence-electron chi connectivity index (χ2n) is 5.63. The van der Waals surface area contributed by atoms with Gasteiger partial charge in [-0.15, -0.1) is 22.7 Å².